The van der Waals surface area contributed by atoms with Crippen molar-refractivity contribution in [2.45, 2.75) is 25.4 Å². The van der Waals surface area contributed by atoms with Crippen molar-refractivity contribution in [3.05, 3.63) is 48.0 Å². The molecule has 2 aliphatic rings. The highest BCUT2D eigenvalue weighted by Gasteiger charge is 2.41. The molecule has 4 rings (SSSR count). The Balaban J connectivity index is 1.40. The first kappa shape index (κ1) is 18.7. The highest BCUT2D eigenvalue weighted by atomic mass is 19.1. The summed E-state index contributed by atoms with van der Waals surface area (Å²) in [6, 6.07) is 9.43. The molecule has 6 nitrogen and oxygen atoms in total. The molecule has 2 fully saturated rings. The zero-order valence-electron chi connectivity index (χ0n) is 15.3. The third kappa shape index (κ3) is 3.54. The maximum Gasteiger partial charge on any atom is 0.309 e. The molecular weight excluding hydrogens is 365 g/mol. The lowest BCUT2D eigenvalue weighted by Crippen LogP contribution is -2.43. The van der Waals surface area contributed by atoms with E-state index >= 15 is 0 Å². The second kappa shape index (κ2) is 7.75. The van der Waals surface area contributed by atoms with Gasteiger partial charge < -0.3 is 19.2 Å². The molecule has 0 aliphatic carbocycles. The first-order chi connectivity index (χ1) is 13.5. The van der Waals surface area contributed by atoms with Gasteiger partial charge >= 0.3 is 5.97 Å². The number of nitrogens with zero attached hydrogens (tertiary/aromatic N) is 1. The summed E-state index contributed by atoms with van der Waals surface area (Å²) in [7, 11) is 0. The first-order valence-corrected chi connectivity index (χ1v) is 9.53. The van der Waals surface area contributed by atoms with Crippen LogP contribution in [0, 0.1) is 17.7 Å². The lowest BCUT2D eigenvalue weighted by molar-refractivity contribution is -0.145. The van der Waals surface area contributed by atoms with E-state index < -0.39 is 17.7 Å². The van der Waals surface area contributed by atoms with Gasteiger partial charge in [-0.15, -0.1) is 0 Å². The molecule has 2 atom stereocenters. The van der Waals surface area contributed by atoms with E-state index in [1.165, 1.54) is 6.07 Å². The van der Waals surface area contributed by atoms with Gasteiger partial charge in [0.05, 0.1) is 17.6 Å². The number of carbonyl (C=O) groups excluding carboxylic acids is 1. The van der Waals surface area contributed by atoms with Gasteiger partial charge in [0.2, 0.25) is 0 Å². The van der Waals surface area contributed by atoms with Crippen molar-refractivity contribution in [1.82, 2.24) is 4.90 Å². The Morgan fingerprint density at radius 2 is 1.82 bits per heavy atom. The summed E-state index contributed by atoms with van der Waals surface area (Å²) in [6.45, 7) is 1.52. The summed E-state index contributed by atoms with van der Waals surface area (Å²) in [5, 5.41) is 9.34. The molecule has 0 bridgehead atoms. The standard InChI is InChI=1S/C21H22FNO5/c22-16-4-2-1-3-14(16)17-5-6-18(28-17)20(24)23-10-7-13(8-11-23)19-15(21(25)26)9-12-27-19/h1-6,13,15,19H,7-12H2,(H,25,26)/t15?,19-/m0/s1. The molecule has 1 amide bonds. The molecule has 0 radical (unpaired) electrons. The maximum atomic E-state index is 13.9. The van der Waals surface area contributed by atoms with Crippen molar-refractivity contribution >= 4 is 11.9 Å². The molecule has 3 heterocycles. The van der Waals surface area contributed by atoms with Crippen molar-refractivity contribution in [2.75, 3.05) is 19.7 Å². The van der Waals surface area contributed by atoms with E-state index in [9.17, 15) is 19.1 Å². The summed E-state index contributed by atoms with van der Waals surface area (Å²) in [4.78, 5) is 25.8. The third-order valence-electron chi connectivity index (χ3n) is 5.70. The number of carbonyl (C=O) groups is 2. The Hall–Kier alpha value is -2.67. The Morgan fingerprint density at radius 3 is 2.54 bits per heavy atom. The smallest absolute Gasteiger partial charge is 0.309 e. The number of amides is 1. The van der Waals surface area contributed by atoms with Gasteiger partial charge in [0.15, 0.2) is 5.76 Å². The number of ether oxygens (including phenoxy) is 1. The van der Waals surface area contributed by atoms with E-state index in [4.69, 9.17) is 9.15 Å². The van der Waals surface area contributed by atoms with E-state index in [2.05, 4.69) is 0 Å². The summed E-state index contributed by atoms with van der Waals surface area (Å²) in [5.74, 6) is -1.27. The fourth-order valence-corrected chi connectivity index (χ4v) is 4.19. The minimum absolute atomic E-state index is 0.137. The molecule has 1 aromatic heterocycles. The maximum absolute atomic E-state index is 13.9. The van der Waals surface area contributed by atoms with Crippen LogP contribution >= 0.6 is 0 Å². The predicted molar refractivity (Wildman–Crippen MR) is 98.2 cm³/mol. The highest BCUT2D eigenvalue weighted by Crippen LogP contribution is 2.34. The van der Waals surface area contributed by atoms with Crippen LogP contribution in [0.1, 0.15) is 29.8 Å². The summed E-state index contributed by atoms with van der Waals surface area (Å²) in [5.41, 5.74) is 0.318. The number of hydrogen-bond donors (Lipinski definition) is 1. The number of likely N-dealkylation sites (tertiary alicyclic amines) is 1. The van der Waals surface area contributed by atoms with E-state index in [0.717, 1.165) is 0 Å². The molecule has 148 valence electrons. The van der Waals surface area contributed by atoms with E-state index in [1.807, 2.05) is 0 Å². The van der Waals surface area contributed by atoms with E-state index in [1.54, 1.807) is 35.2 Å². The lowest BCUT2D eigenvalue weighted by atomic mass is 9.84. The van der Waals surface area contributed by atoms with Crippen molar-refractivity contribution < 1.29 is 28.2 Å². The van der Waals surface area contributed by atoms with E-state index in [-0.39, 0.29) is 23.7 Å². The SMILES string of the molecule is O=C(O)C1CCO[C@H]1C1CCN(C(=O)c2ccc(-c3ccccc3F)o2)CC1. The summed E-state index contributed by atoms with van der Waals surface area (Å²) < 4.78 is 25.2. The first-order valence-electron chi connectivity index (χ1n) is 9.53. The van der Waals surface area contributed by atoms with Crippen LogP contribution in [0.5, 0.6) is 0 Å². The molecule has 1 unspecified atom stereocenters. The van der Waals surface area contributed by atoms with Crippen molar-refractivity contribution in [3.8, 4) is 11.3 Å². The molecule has 1 aromatic carbocycles. The Morgan fingerprint density at radius 1 is 1.07 bits per heavy atom. The minimum Gasteiger partial charge on any atom is -0.481 e. The van der Waals surface area contributed by atoms with Crippen LogP contribution in [0.3, 0.4) is 0 Å². The van der Waals surface area contributed by atoms with Crippen LogP contribution < -0.4 is 0 Å². The van der Waals surface area contributed by atoms with Gasteiger partial charge in [0.1, 0.15) is 11.6 Å². The number of benzene rings is 1. The van der Waals surface area contributed by atoms with Crippen LogP contribution in [0.4, 0.5) is 4.39 Å². The fourth-order valence-electron chi connectivity index (χ4n) is 4.19. The van der Waals surface area contributed by atoms with Gasteiger partial charge in [-0.2, -0.15) is 0 Å². The summed E-state index contributed by atoms with van der Waals surface area (Å²) in [6.07, 6.45) is 1.66. The molecule has 2 aliphatic heterocycles. The Kier molecular flexibility index (Phi) is 5.17. The fraction of sp³-hybridized carbons (Fsp3) is 0.429. The largest absolute Gasteiger partial charge is 0.481 e. The average molecular weight is 387 g/mol. The number of piperidine rings is 1. The molecular formula is C21H22FNO5. The number of carboxylic acids is 1. The van der Waals surface area contributed by atoms with Gasteiger partial charge in [0.25, 0.3) is 5.91 Å². The van der Waals surface area contributed by atoms with Gasteiger partial charge in [-0.1, -0.05) is 12.1 Å². The van der Waals surface area contributed by atoms with Gasteiger partial charge in [-0.3, -0.25) is 9.59 Å². The number of hydrogen-bond acceptors (Lipinski definition) is 4. The second-order valence-electron chi connectivity index (χ2n) is 7.34. The minimum atomic E-state index is -0.808. The van der Waals surface area contributed by atoms with E-state index in [0.29, 0.717) is 50.3 Å². The van der Waals surface area contributed by atoms with Crippen molar-refractivity contribution in [3.63, 3.8) is 0 Å². The number of halogens is 1. The van der Waals surface area contributed by atoms with Crippen molar-refractivity contribution in [2.24, 2.45) is 11.8 Å². The molecule has 0 spiro atoms. The van der Waals surface area contributed by atoms with Gasteiger partial charge in [-0.25, -0.2) is 4.39 Å². The molecule has 2 saturated heterocycles. The van der Waals surface area contributed by atoms with Crippen LogP contribution in [-0.4, -0.2) is 47.7 Å². The molecule has 2 aromatic rings. The molecule has 0 saturated carbocycles. The zero-order valence-corrected chi connectivity index (χ0v) is 15.3. The lowest BCUT2D eigenvalue weighted by Gasteiger charge is -2.35. The highest BCUT2D eigenvalue weighted by molar-refractivity contribution is 5.92. The monoisotopic (exact) mass is 387 g/mol. The van der Waals surface area contributed by atoms with Crippen LogP contribution in [0.15, 0.2) is 40.8 Å². The third-order valence-corrected chi connectivity index (χ3v) is 5.70. The van der Waals surface area contributed by atoms with Crippen LogP contribution in [0.2, 0.25) is 0 Å². The average Bonchev–Trinajstić information content (AvgIpc) is 3.38. The Bertz CT molecular complexity index is 871. The number of aliphatic carboxylic acids is 1. The normalized spacial score (nSPS) is 23.1. The topological polar surface area (TPSA) is 80.0 Å². The van der Waals surface area contributed by atoms with Gasteiger partial charge in [-0.05, 0) is 49.4 Å². The van der Waals surface area contributed by atoms with Crippen molar-refractivity contribution in [1.29, 1.82) is 0 Å². The van der Waals surface area contributed by atoms with Crippen LogP contribution in [-0.2, 0) is 9.53 Å². The zero-order chi connectivity index (χ0) is 19.7. The van der Waals surface area contributed by atoms with Crippen LogP contribution in [0.25, 0.3) is 11.3 Å². The quantitative estimate of drug-likeness (QED) is 0.869. The number of furan rings is 1. The second-order valence-corrected chi connectivity index (χ2v) is 7.34. The number of rotatable bonds is 4. The predicted octanol–water partition coefficient (Wildman–Crippen LogP) is 3.43. The Labute approximate surface area is 161 Å². The molecule has 28 heavy (non-hydrogen) atoms. The summed E-state index contributed by atoms with van der Waals surface area (Å²) >= 11 is 0. The molecule has 1 N–H and O–H groups in total. The number of carboxylic acid groups (broad SMARTS) is 1. The van der Waals surface area contributed by atoms with Gasteiger partial charge in [0, 0.05) is 19.7 Å². The molecule has 7 heteroatoms.